The van der Waals surface area contributed by atoms with Crippen molar-refractivity contribution < 1.29 is 4.74 Å². The maximum atomic E-state index is 5.23. The Bertz CT molecular complexity index is 508. The van der Waals surface area contributed by atoms with Gasteiger partial charge in [0.25, 0.3) is 0 Å². The summed E-state index contributed by atoms with van der Waals surface area (Å²) in [6, 6.07) is 9.18. The second-order valence-corrected chi connectivity index (χ2v) is 6.15. The predicted octanol–water partition coefficient (Wildman–Crippen LogP) is 3.70. The quantitative estimate of drug-likeness (QED) is 0.833. The van der Waals surface area contributed by atoms with Crippen molar-refractivity contribution in [2.75, 3.05) is 20.8 Å². The number of hydrogen-bond acceptors (Lipinski definition) is 3. The van der Waals surface area contributed by atoms with Crippen molar-refractivity contribution in [2.24, 2.45) is 5.92 Å². The lowest BCUT2D eigenvalue weighted by atomic mass is 9.96. The van der Waals surface area contributed by atoms with Crippen LogP contribution in [-0.4, -0.2) is 26.8 Å². The van der Waals surface area contributed by atoms with Crippen LogP contribution < -0.4 is 5.32 Å². The van der Waals surface area contributed by atoms with E-state index in [1.165, 1.54) is 15.6 Å². The number of methoxy groups -OCH3 is 1. The zero-order valence-corrected chi connectivity index (χ0v) is 12.8. The highest BCUT2D eigenvalue weighted by molar-refractivity contribution is 7.17. The number of nitrogens with one attached hydrogen (secondary N) is 1. The Morgan fingerprint density at radius 2 is 2.11 bits per heavy atom. The molecule has 0 bridgehead atoms. The van der Waals surface area contributed by atoms with Crippen LogP contribution in [0.2, 0.25) is 0 Å². The molecule has 1 aromatic carbocycles. The molecule has 0 aliphatic rings. The molecule has 0 amide bonds. The third kappa shape index (κ3) is 3.78. The van der Waals surface area contributed by atoms with Crippen LogP contribution in [0, 0.1) is 5.92 Å². The van der Waals surface area contributed by atoms with Gasteiger partial charge in [-0.2, -0.15) is 0 Å². The molecule has 19 heavy (non-hydrogen) atoms. The maximum absolute atomic E-state index is 5.23. The van der Waals surface area contributed by atoms with E-state index in [-0.39, 0.29) is 0 Å². The average Bonchev–Trinajstić information content (AvgIpc) is 2.82. The molecule has 2 nitrogen and oxygen atoms in total. The third-order valence-corrected chi connectivity index (χ3v) is 4.59. The van der Waals surface area contributed by atoms with Crippen molar-refractivity contribution in [2.45, 2.75) is 25.8 Å². The molecule has 1 heterocycles. The van der Waals surface area contributed by atoms with Crippen molar-refractivity contribution >= 4 is 21.4 Å². The van der Waals surface area contributed by atoms with Crippen LogP contribution in [0.15, 0.2) is 29.6 Å². The summed E-state index contributed by atoms with van der Waals surface area (Å²) in [5, 5.41) is 7.15. The Kier molecular flexibility index (Phi) is 5.37. The Hall–Kier alpha value is -0.900. The number of likely N-dealkylation sites (N-methyl/N-ethyl adjacent to an activating group) is 1. The van der Waals surface area contributed by atoms with Gasteiger partial charge in [-0.1, -0.05) is 25.1 Å². The highest BCUT2D eigenvalue weighted by Crippen LogP contribution is 2.27. The molecule has 3 heteroatoms. The number of ether oxygens (including phenoxy) is 1. The smallest absolute Gasteiger partial charge is 0.0488 e. The summed E-state index contributed by atoms with van der Waals surface area (Å²) in [5.41, 5.74) is 1.46. The number of thiophene rings is 1. The average molecular weight is 277 g/mol. The summed E-state index contributed by atoms with van der Waals surface area (Å²) in [6.07, 6.45) is 2.24. The lowest BCUT2D eigenvalue weighted by Crippen LogP contribution is -2.30. The van der Waals surface area contributed by atoms with E-state index in [1.54, 1.807) is 7.11 Å². The molecule has 0 radical (unpaired) electrons. The van der Waals surface area contributed by atoms with E-state index in [2.05, 4.69) is 48.9 Å². The number of fused-ring (bicyclic) bond motifs is 1. The molecule has 0 aliphatic heterocycles. The first-order valence-electron chi connectivity index (χ1n) is 6.86. The summed E-state index contributed by atoms with van der Waals surface area (Å²) in [7, 11) is 3.83. The summed E-state index contributed by atoms with van der Waals surface area (Å²) >= 11 is 1.84. The Balaban J connectivity index is 2.05. The second kappa shape index (κ2) is 7.04. The van der Waals surface area contributed by atoms with Gasteiger partial charge in [-0.3, -0.25) is 0 Å². The topological polar surface area (TPSA) is 21.3 Å². The molecule has 0 aliphatic carbocycles. The molecule has 104 valence electrons. The lowest BCUT2D eigenvalue weighted by Gasteiger charge is -2.20. The molecular weight excluding hydrogens is 254 g/mol. The summed E-state index contributed by atoms with van der Waals surface area (Å²) < 4.78 is 6.62. The first-order valence-corrected chi connectivity index (χ1v) is 7.74. The van der Waals surface area contributed by atoms with Crippen molar-refractivity contribution in [3.05, 3.63) is 35.2 Å². The highest BCUT2D eigenvalue weighted by atomic mass is 32.1. The third-order valence-electron chi connectivity index (χ3n) is 3.57. The maximum Gasteiger partial charge on any atom is 0.0488 e. The normalized spacial score (nSPS) is 14.7. The molecule has 0 saturated heterocycles. The van der Waals surface area contributed by atoms with Crippen molar-refractivity contribution in [1.82, 2.24) is 5.32 Å². The van der Waals surface area contributed by atoms with E-state index in [9.17, 15) is 0 Å². The minimum Gasteiger partial charge on any atom is -0.384 e. The zero-order valence-electron chi connectivity index (χ0n) is 12.0. The van der Waals surface area contributed by atoms with Crippen LogP contribution in [0.4, 0.5) is 0 Å². The first-order chi connectivity index (χ1) is 9.24. The van der Waals surface area contributed by atoms with E-state index >= 15 is 0 Å². The molecule has 1 N–H and O–H groups in total. The molecule has 2 unspecified atom stereocenters. The van der Waals surface area contributed by atoms with Crippen LogP contribution in [0.5, 0.6) is 0 Å². The van der Waals surface area contributed by atoms with E-state index in [0.29, 0.717) is 12.0 Å². The number of benzene rings is 1. The lowest BCUT2D eigenvalue weighted by molar-refractivity contribution is 0.150. The number of rotatable bonds is 7. The Labute approximate surface area is 119 Å². The van der Waals surface area contributed by atoms with Gasteiger partial charge in [-0.05, 0) is 48.2 Å². The van der Waals surface area contributed by atoms with Gasteiger partial charge in [-0.15, -0.1) is 11.3 Å². The van der Waals surface area contributed by atoms with Crippen LogP contribution in [-0.2, 0) is 11.2 Å². The Morgan fingerprint density at radius 1 is 1.32 bits per heavy atom. The SMILES string of the molecule is CNC(Cc1csc2ccccc12)CC(C)COC. The van der Waals surface area contributed by atoms with Gasteiger partial charge in [0.05, 0.1) is 0 Å². The standard InChI is InChI=1S/C16H23NOS/c1-12(10-18-3)8-14(17-2)9-13-11-19-16-7-5-4-6-15(13)16/h4-7,11-12,14,17H,8-10H2,1-3H3. The predicted molar refractivity (Wildman–Crippen MR) is 84.0 cm³/mol. The number of hydrogen-bond donors (Lipinski definition) is 1. The monoisotopic (exact) mass is 277 g/mol. The van der Waals surface area contributed by atoms with Gasteiger partial charge in [0, 0.05) is 24.5 Å². The molecule has 2 atom stereocenters. The summed E-state index contributed by atoms with van der Waals surface area (Å²) in [5.74, 6) is 0.590. The van der Waals surface area contributed by atoms with Gasteiger partial charge >= 0.3 is 0 Å². The fourth-order valence-electron chi connectivity index (χ4n) is 2.60. The largest absolute Gasteiger partial charge is 0.384 e. The van der Waals surface area contributed by atoms with Gasteiger partial charge in [0.2, 0.25) is 0 Å². The van der Waals surface area contributed by atoms with Crippen LogP contribution in [0.3, 0.4) is 0 Å². The minimum atomic E-state index is 0.517. The molecule has 2 rings (SSSR count). The fourth-order valence-corrected chi connectivity index (χ4v) is 3.57. The van der Waals surface area contributed by atoms with Crippen LogP contribution in [0.1, 0.15) is 18.9 Å². The zero-order chi connectivity index (χ0) is 13.7. The van der Waals surface area contributed by atoms with Crippen LogP contribution >= 0.6 is 11.3 Å². The van der Waals surface area contributed by atoms with Gasteiger partial charge < -0.3 is 10.1 Å². The van der Waals surface area contributed by atoms with Crippen LogP contribution in [0.25, 0.3) is 10.1 Å². The molecule has 0 spiro atoms. The fraction of sp³-hybridized carbons (Fsp3) is 0.500. The summed E-state index contributed by atoms with van der Waals surface area (Å²) in [4.78, 5) is 0. The molecular formula is C16H23NOS. The second-order valence-electron chi connectivity index (χ2n) is 5.24. The van der Waals surface area contributed by atoms with Crippen molar-refractivity contribution in [3.8, 4) is 0 Å². The Morgan fingerprint density at radius 3 is 2.84 bits per heavy atom. The molecule has 0 fully saturated rings. The molecule has 0 saturated carbocycles. The molecule has 2 aromatic rings. The first kappa shape index (κ1) is 14.5. The summed E-state index contributed by atoms with van der Waals surface area (Å²) in [6.45, 7) is 3.09. The van der Waals surface area contributed by atoms with E-state index < -0.39 is 0 Å². The van der Waals surface area contributed by atoms with Crippen molar-refractivity contribution in [3.63, 3.8) is 0 Å². The highest BCUT2D eigenvalue weighted by Gasteiger charge is 2.14. The van der Waals surface area contributed by atoms with E-state index in [4.69, 9.17) is 4.74 Å². The van der Waals surface area contributed by atoms with E-state index in [0.717, 1.165) is 19.4 Å². The molecule has 1 aromatic heterocycles. The van der Waals surface area contributed by atoms with Crippen molar-refractivity contribution in [1.29, 1.82) is 0 Å². The van der Waals surface area contributed by atoms with E-state index in [1.807, 2.05) is 11.3 Å². The van der Waals surface area contributed by atoms with Gasteiger partial charge in [0.1, 0.15) is 0 Å². The van der Waals surface area contributed by atoms with Gasteiger partial charge in [0.15, 0.2) is 0 Å². The van der Waals surface area contributed by atoms with Gasteiger partial charge in [-0.25, -0.2) is 0 Å². The minimum absolute atomic E-state index is 0.517.